The molecule has 2 N–H and O–H groups in total. The van der Waals surface area contributed by atoms with Gasteiger partial charge in [-0.25, -0.2) is 13.1 Å². The Labute approximate surface area is 106 Å². The third-order valence-electron chi connectivity index (χ3n) is 2.77. The Kier molecular flexibility index (Phi) is 4.09. The highest BCUT2D eigenvalue weighted by Gasteiger charge is 2.22. The van der Waals surface area contributed by atoms with Crippen molar-refractivity contribution in [2.75, 3.05) is 25.1 Å². The molecule has 4 nitrogen and oxygen atoms in total. The molecule has 0 saturated heterocycles. The third kappa shape index (κ3) is 3.22. The topological polar surface area (TPSA) is 58.2 Å². The van der Waals surface area contributed by atoms with Crippen LogP contribution in [-0.2, 0) is 10.0 Å². The van der Waals surface area contributed by atoms with E-state index >= 15 is 0 Å². The quantitative estimate of drug-likeness (QED) is 0.838. The van der Waals surface area contributed by atoms with Gasteiger partial charge in [-0.3, -0.25) is 0 Å². The molecule has 1 unspecified atom stereocenters. The van der Waals surface area contributed by atoms with Crippen molar-refractivity contribution in [3.8, 4) is 0 Å². The molecular formula is C11H16N2O2S2. The van der Waals surface area contributed by atoms with Crippen molar-refractivity contribution < 1.29 is 8.42 Å². The summed E-state index contributed by atoms with van der Waals surface area (Å²) in [6, 6.07) is 8.51. The summed E-state index contributed by atoms with van der Waals surface area (Å²) in [5, 5.41) is 3.29. The van der Waals surface area contributed by atoms with Crippen molar-refractivity contribution in [2.24, 2.45) is 0 Å². The second kappa shape index (κ2) is 5.39. The number of thioether (sulfide) groups is 1. The zero-order valence-corrected chi connectivity index (χ0v) is 11.3. The van der Waals surface area contributed by atoms with Gasteiger partial charge < -0.3 is 5.32 Å². The Hall–Kier alpha value is -0.560. The zero-order chi connectivity index (χ0) is 12.3. The van der Waals surface area contributed by atoms with Gasteiger partial charge >= 0.3 is 0 Å². The Morgan fingerprint density at radius 3 is 2.94 bits per heavy atom. The summed E-state index contributed by atoms with van der Waals surface area (Å²) in [6.07, 6.45) is 0. The maximum absolute atomic E-state index is 11.3. The lowest BCUT2D eigenvalue weighted by atomic mass is 10.1. The van der Waals surface area contributed by atoms with Gasteiger partial charge in [0, 0.05) is 23.2 Å². The number of fused-ring (bicyclic) bond motifs is 1. The minimum Gasteiger partial charge on any atom is -0.308 e. The maximum atomic E-state index is 11.3. The van der Waals surface area contributed by atoms with Gasteiger partial charge in [-0.15, -0.1) is 11.8 Å². The average molecular weight is 272 g/mol. The first-order valence-corrected chi connectivity index (χ1v) is 8.12. The van der Waals surface area contributed by atoms with Crippen LogP contribution >= 0.6 is 11.8 Å². The molecule has 0 radical (unpaired) electrons. The molecule has 0 saturated carbocycles. The van der Waals surface area contributed by atoms with Gasteiger partial charge in [0.05, 0.1) is 5.75 Å². The van der Waals surface area contributed by atoms with Crippen LogP contribution in [0.5, 0.6) is 0 Å². The maximum Gasteiger partial charge on any atom is 0.212 e. The Morgan fingerprint density at radius 2 is 2.18 bits per heavy atom. The van der Waals surface area contributed by atoms with Crippen molar-refractivity contribution in [2.45, 2.75) is 10.9 Å². The van der Waals surface area contributed by atoms with Crippen LogP contribution in [0.4, 0.5) is 0 Å². The van der Waals surface area contributed by atoms with Gasteiger partial charge in [-0.05, 0) is 18.7 Å². The third-order valence-corrected chi connectivity index (χ3v) is 5.32. The van der Waals surface area contributed by atoms with Crippen LogP contribution in [-0.4, -0.2) is 33.5 Å². The molecule has 2 rings (SSSR count). The van der Waals surface area contributed by atoms with E-state index < -0.39 is 10.0 Å². The smallest absolute Gasteiger partial charge is 0.212 e. The summed E-state index contributed by atoms with van der Waals surface area (Å²) >= 11 is 1.81. The first kappa shape index (κ1) is 12.9. The monoisotopic (exact) mass is 272 g/mol. The molecule has 1 aliphatic heterocycles. The van der Waals surface area contributed by atoms with E-state index in [1.54, 1.807) is 0 Å². The highest BCUT2D eigenvalue weighted by atomic mass is 32.2. The Balaban J connectivity index is 1.90. The van der Waals surface area contributed by atoms with Crippen LogP contribution in [0, 0.1) is 0 Å². The molecule has 1 atom stereocenters. The summed E-state index contributed by atoms with van der Waals surface area (Å²) in [7, 11) is -1.67. The van der Waals surface area contributed by atoms with Crippen molar-refractivity contribution in [3.63, 3.8) is 0 Å². The molecule has 1 aliphatic rings. The summed E-state index contributed by atoms with van der Waals surface area (Å²) in [5.74, 6) is 1.09. The van der Waals surface area contributed by atoms with Crippen molar-refractivity contribution in [3.05, 3.63) is 29.8 Å². The highest BCUT2D eigenvalue weighted by molar-refractivity contribution is 7.99. The lowest BCUT2D eigenvalue weighted by molar-refractivity contribution is 0.570. The summed E-state index contributed by atoms with van der Waals surface area (Å²) in [5.41, 5.74) is 1.28. The van der Waals surface area contributed by atoms with Crippen molar-refractivity contribution >= 4 is 21.8 Å². The van der Waals surface area contributed by atoms with E-state index in [1.165, 1.54) is 17.5 Å². The first-order chi connectivity index (χ1) is 8.12. The lowest BCUT2D eigenvalue weighted by Crippen LogP contribution is -2.31. The summed E-state index contributed by atoms with van der Waals surface area (Å²) in [4.78, 5) is 1.29. The van der Waals surface area contributed by atoms with Crippen LogP contribution in [0.3, 0.4) is 0 Å². The van der Waals surface area contributed by atoms with Gasteiger partial charge in [0.25, 0.3) is 0 Å². The van der Waals surface area contributed by atoms with Gasteiger partial charge in [-0.2, -0.15) is 0 Å². The number of sulfonamides is 1. The minimum atomic E-state index is -3.11. The molecule has 1 aromatic carbocycles. The molecule has 1 aromatic rings. The number of hydrogen-bond acceptors (Lipinski definition) is 4. The van der Waals surface area contributed by atoms with Crippen molar-refractivity contribution in [1.29, 1.82) is 0 Å². The molecule has 94 valence electrons. The second-order valence-electron chi connectivity index (χ2n) is 3.88. The molecule has 17 heavy (non-hydrogen) atoms. The van der Waals surface area contributed by atoms with Gasteiger partial charge in [0.2, 0.25) is 10.0 Å². The SMILES string of the molecule is CNS(=O)(=O)CCNC1CSc2ccccc21. The largest absolute Gasteiger partial charge is 0.308 e. The highest BCUT2D eigenvalue weighted by Crippen LogP contribution is 2.37. The van der Waals surface area contributed by atoms with Crippen LogP contribution in [0.2, 0.25) is 0 Å². The molecule has 0 bridgehead atoms. The van der Waals surface area contributed by atoms with E-state index in [1.807, 2.05) is 23.9 Å². The van der Waals surface area contributed by atoms with E-state index in [4.69, 9.17) is 0 Å². The molecule has 0 aromatic heterocycles. The fourth-order valence-electron chi connectivity index (χ4n) is 1.80. The van der Waals surface area contributed by atoms with Gasteiger partial charge in [-0.1, -0.05) is 18.2 Å². The predicted octanol–water partition coefficient (Wildman–Crippen LogP) is 0.972. The second-order valence-corrected chi connectivity index (χ2v) is 6.99. The first-order valence-electron chi connectivity index (χ1n) is 5.49. The van der Waals surface area contributed by atoms with Crippen LogP contribution in [0.25, 0.3) is 0 Å². The van der Waals surface area contributed by atoms with E-state index in [0.29, 0.717) is 6.54 Å². The molecule has 6 heteroatoms. The van der Waals surface area contributed by atoms with Crippen LogP contribution in [0.1, 0.15) is 11.6 Å². The summed E-state index contributed by atoms with van der Waals surface area (Å²) in [6.45, 7) is 0.475. The zero-order valence-electron chi connectivity index (χ0n) is 9.64. The molecule has 0 spiro atoms. The predicted molar refractivity (Wildman–Crippen MR) is 70.8 cm³/mol. The van der Waals surface area contributed by atoms with Crippen molar-refractivity contribution in [1.82, 2.24) is 10.0 Å². The number of rotatable bonds is 5. The summed E-state index contributed by atoms with van der Waals surface area (Å²) < 4.78 is 24.8. The molecule has 1 heterocycles. The molecule has 0 fully saturated rings. The van der Waals surface area contributed by atoms with E-state index in [2.05, 4.69) is 22.2 Å². The lowest BCUT2D eigenvalue weighted by Gasteiger charge is -2.12. The molecule has 0 amide bonds. The fourth-order valence-corrected chi connectivity index (χ4v) is 3.59. The van der Waals surface area contributed by atoms with E-state index in [0.717, 1.165) is 5.75 Å². The fraction of sp³-hybridized carbons (Fsp3) is 0.455. The number of nitrogens with one attached hydrogen (secondary N) is 2. The minimum absolute atomic E-state index is 0.118. The standard InChI is InChI=1S/C11H16N2O2S2/c1-12-17(14,15)7-6-13-10-8-16-11-5-3-2-4-9(10)11/h2-5,10,12-13H,6-8H2,1H3. The van der Waals surface area contributed by atoms with E-state index in [9.17, 15) is 8.42 Å². The van der Waals surface area contributed by atoms with E-state index in [-0.39, 0.29) is 11.8 Å². The van der Waals surface area contributed by atoms with Crippen LogP contribution < -0.4 is 10.0 Å². The Morgan fingerprint density at radius 1 is 1.41 bits per heavy atom. The van der Waals surface area contributed by atoms with Gasteiger partial charge in [0.1, 0.15) is 0 Å². The number of benzene rings is 1. The molecular weight excluding hydrogens is 256 g/mol. The molecule has 0 aliphatic carbocycles. The Bertz CT molecular complexity index is 488. The van der Waals surface area contributed by atoms with Crippen LogP contribution in [0.15, 0.2) is 29.2 Å². The average Bonchev–Trinajstić information content (AvgIpc) is 2.73. The normalized spacial score (nSPS) is 19.2. The van der Waals surface area contributed by atoms with Gasteiger partial charge in [0.15, 0.2) is 0 Å². The number of hydrogen-bond donors (Lipinski definition) is 2.